The van der Waals surface area contributed by atoms with Crippen molar-refractivity contribution in [3.63, 3.8) is 0 Å². The van der Waals surface area contributed by atoms with Gasteiger partial charge < -0.3 is 29.9 Å². The molecule has 218 valence electrons. The number of aliphatic hydroxyl groups excluding tert-OH is 1. The molecule has 2 aromatic carbocycles. The Morgan fingerprint density at radius 1 is 0.977 bits per heavy atom. The van der Waals surface area contributed by atoms with Crippen molar-refractivity contribution in [2.75, 3.05) is 0 Å². The van der Waals surface area contributed by atoms with Gasteiger partial charge in [-0.15, -0.1) is 0 Å². The molecule has 0 radical (unpaired) electrons. The number of pyridine rings is 1. The second-order valence-electron chi connectivity index (χ2n) is 11.3. The van der Waals surface area contributed by atoms with Gasteiger partial charge in [0.2, 0.25) is 11.7 Å². The SMILES string of the molecule is Cc1cc2c(c(OCc3ccccc3)n1)C(=O)C1=C(O)[C@]3(O)C(=O)c4c(OCc5ccccc5)noc4[C@@H](N)[C@@H]3C[C@@H]1C2. The fourth-order valence-electron chi connectivity index (χ4n) is 6.60. The number of benzene rings is 2. The standard InChI is InChI=1S/C33H29N3O7/c1-17-12-20-13-21-14-22-26(34)28-25(32(36-43-28)42-16-19-10-6-3-7-11-19)30(39)33(22,40)29(38)23(21)27(37)24(20)31(35-17)41-15-18-8-4-2-5-9-18/h2-12,21-22,26,38,40H,13-16,34H2,1H3/t21-,22-,26-,33-/m0/s1. The number of nitrogens with two attached hydrogens (primary N) is 1. The van der Waals surface area contributed by atoms with Gasteiger partial charge in [0.15, 0.2) is 17.1 Å². The van der Waals surface area contributed by atoms with E-state index in [1.54, 1.807) is 0 Å². The molecule has 0 amide bonds. The second-order valence-corrected chi connectivity index (χ2v) is 11.3. The first-order valence-corrected chi connectivity index (χ1v) is 14.1. The molecule has 0 fully saturated rings. The minimum Gasteiger partial charge on any atom is -0.508 e. The first-order chi connectivity index (χ1) is 20.8. The minimum atomic E-state index is -2.47. The summed E-state index contributed by atoms with van der Waals surface area (Å²) in [5, 5.41) is 27.6. The van der Waals surface area contributed by atoms with E-state index >= 15 is 0 Å². The lowest BCUT2D eigenvalue weighted by atomic mass is 9.59. The first kappa shape index (κ1) is 27.1. The maximum absolute atomic E-state index is 14.1. The smallest absolute Gasteiger partial charge is 0.265 e. The molecule has 0 bridgehead atoms. The summed E-state index contributed by atoms with van der Waals surface area (Å²) in [7, 11) is 0. The summed E-state index contributed by atoms with van der Waals surface area (Å²) < 4.78 is 17.3. The van der Waals surface area contributed by atoms with Crippen molar-refractivity contribution in [1.29, 1.82) is 0 Å². The number of rotatable bonds is 6. The first-order valence-electron chi connectivity index (χ1n) is 14.1. The molecule has 7 rings (SSSR count). The Labute approximate surface area is 246 Å². The third kappa shape index (κ3) is 4.25. The van der Waals surface area contributed by atoms with Crippen LogP contribution in [0.25, 0.3) is 0 Å². The van der Waals surface area contributed by atoms with Crippen LogP contribution in [0.4, 0.5) is 0 Å². The van der Waals surface area contributed by atoms with Crippen molar-refractivity contribution in [3.8, 4) is 11.8 Å². The molecule has 4 atom stereocenters. The normalized spacial score (nSPS) is 24.1. The number of Topliss-reactive ketones (excluding diaryl/α,β-unsaturated/α-hetero) is 2. The number of ketones is 2. The molecule has 3 aliphatic rings. The zero-order valence-corrected chi connectivity index (χ0v) is 23.3. The molecule has 0 spiro atoms. The van der Waals surface area contributed by atoms with Crippen molar-refractivity contribution in [1.82, 2.24) is 10.1 Å². The molecule has 0 saturated heterocycles. The predicted octanol–water partition coefficient (Wildman–Crippen LogP) is 4.35. The number of hydrogen-bond donors (Lipinski definition) is 3. The summed E-state index contributed by atoms with van der Waals surface area (Å²) in [5.74, 6) is -3.48. The van der Waals surface area contributed by atoms with Gasteiger partial charge >= 0.3 is 0 Å². The molecular weight excluding hydrogens is 550 g/mol. The van der Waals surface area contributed by atoms with E-state index in [1.165, 1.54) is 0 Å². The van der Waals surface area contributed by atoms with Gasteiger partial charge in [0.1, 0.15) is 24.5 Å². The number of carbonyl (C=O) groups is 2. The minimum absolute atomic E-state index is 0.0336. The van der Waals surface area contributed by atoms with Crippen LogP contribution in [0.1, 0.15) is 61.3 Å². The highest BCUT2D eigenvalue weighted by Gasteiger charge is 2.62. The van der Waals surface area contributed by atoms with Gasteiger partial charge in [-0.2, -0.15) is 0 Å². The highest BCUT2D eigenvalue weighted by molar-refractivity contribution is 6.15. The summed E-state index contributed by atoms with van der Waals surface area (Å²) in [4.78, 5) is 32.6. The van der Waals surface area contributed by atoms with Crippen molar-refractivity contribution in [3.05, 3.63) is 117 Å². The van der Waals surface area contributed by atoms with Gasteiger partial charge in [-0.25, -0.2) is 4.98 Å². The van der Waals surface area contributed by atoms with Crippen LogP contribution in [0.15, 0.2) is 82.6 Å². The van der Waals surface area contributed by atoms with Gasteiger partial charge in [0, 0.05) is 17.2 Å². The van der Waals surface area contributed by atoms with Crippen LogP contribution in [0.3, 0.4) is 0 Å². The number of fused-ring (bicyclic) bond motifs is 4. The van der Waals surface area contributed by atoms with E-state index in [0.717, 1.165) is 16.7 Å². The summed E-state index contributed by atoms with van der Waals surface area (Å²) >= 11 is 0. The molecule has 0 saturated carbocycles. The van der Waals surface area contributed by atoms with E-state index in [4.69, 9.17) is 19.7 Å². The van der Waals surface area contributed by atoms with Crippen molar-refractivity contribution in [2.24, 2.45) is 17.6 Å². The van der Waals surface area contributed by atoms with E-state index in [0.29, 0.717) is 12.1 Å². The number of carbonyl (C=O) groups excluding carboxylic acids is 2. The zero-order valence-electron chi connectivity index (χ0n) is 23.3. The van der Waals surface area contributed by atoms with Crippen LogP contribution < -0.4 is 15.2 Å². The molecule has 4 N–H and O–H groups in total. The fourth-order valence-corrected chi connectivity index (χ4v) is 6.60. The van der Waals surface area contributed by atoms with Gasteiger partial charge in [-0.1, -0.05) is 60.7 Å². The molecule has 10 heteroatoms. The molecule has 2 aromatic heterocycles. The van der Waals surface area contributed by atoms with Crippen LogP contribution in [-0.2, 0) is 19.6 Å². The average Bonchev–Trinajstić information content (AvgIpc) is 3.44. The van der Waals surface area contributed by atoms with Crippen LogP contribution in [0.2, 0.25) is 0 Å². The molecule has 3 aliphatic carbocycles. The van der Waals surface area contributed by atoms with Crippen molar-refractivity contribution >= 4 is 11.6 Å². The highest BCUT2D eigenvalue weighted by atomic mass is 16.5. The Hall–Kier alpha value is -4.80. The Bertz CT molecular complexity index is 1780. The summed E-state index contributed by atoms with van der Waals surface area (Å²) in [6.07, 6.45) is 0.531. The Kier molecular flexibility index (Phi) is 6.41. The molecule has 4 aromatic rings. The molecule has 2 heterocycles. The second kappa shape index (κ2) is 10.2. The van der Waals surface area contributed by atoms with Crippen LogP contribution in [0, 0.1) is 18.8 Å². The summed E-state index contributed by atoms with van der Waals surface area (Å²) in [6.45, 7) is 2.10. The summed E-state index contributed by atoms with van der Waals surface area (Å²) in [5.41, 5.74) is 7.28. The maximum atomic E-state index is 14.1. The number of nitrogens with zero attached hydrogens (tertiary/aromatic N) is 2. The number of ether oxygens (including phenoxy) is 2. The Balaban J connectivity index is 1.26. The average molecular weight is 580 g/mol. The lowest BCUT2D eigenvalue weighted by Gasteiger charge is -2.47. The highest BCUT2D eigenvalue weighted by Crippen LogP contribution is 2.54. The predicted molar refractivity (Wildman–Crippen MR) is 153 cm³/mol. The quantitative estimate of drug-likeness (QED) is 0.300. The van der Waals surface area contributed by atoms with Gasteiger partial charge in [0.05, 0.1) is 11.6 Å². The Morgan fingerprint density at radius 2 is 1.60 bits per heavy atom. The lowest BCUT2D eigenvalue weighted by Crippen LogP contribution is -2.58. The number of allylic oxidation sites excluding steroid dienone is 1. The zero-order chi connectivity index (χ0) is 29.9. The van der Waals surface area contributed by atoms with Crippen molar-refractivity contribution in [2.45, 2.75) is 44.6 Å². The third-order valence-corrected chi connectivity index (χ3v) is 8.67. The maximum Gasteiger partial charge on any atom is 0.265 e. The third-order valence-electron chi connectivity index (χ3n) is 8.67. The number of aromatic nitrogens is 2. The van der Waals surface area contributed by atoms with Crippen LogP contribution in [-0.4, -0.2) is 37.5 Å². The van der Waals surface area contributed by atoms with Gasteiger partial charge in [-0.3, -0.25) is 9.59 Å². The van der Waals surface area contributed by atoms with E-state index in [9.17, 15) is 19.8 Å². The van der Waals surface area contributed by atoms with Gasteiger partial charge in [0.25, 0.3) is 5.88 Å². The number of hydrogen-bond acceptors (Lipinski definition) is 10. The topological polar surface area (TPSA) is 158 Å². The number of aryl methyl sites for hydroxylation is 1. The molecule has 0 aliphatic heterocycles. The van der Waals surface area contributed by atoms with E-state index < -0.39 is 40.8 Å². The molecule has 10 nitrogen and oxygen atoms in total. The number of aliphatic hydroxyl groups is 2. The fraction of sp³-hybridized carbons (Fsp3) is 0.273. The van der Waals surface area contributed by atoms with Crippen LogP contribution in [0.5, 0.6) is 11.8 Å². The van der Waals surface area contributed by atoms with E-state index in [-0.39, 0.29) is 53.9 Å². The molecule has 43 heavy (non-hydrogen) atoms. The van der Waals surface area contributed by atoms with E-state index in [2.05, 4.69) is 10.1 Å². The Morgan fingerprint density at radius 3 is 2.26 bits per heavy atom. The molecular formula is C33H29N3O7. The molecule has 0 unspecified atom stereocenters. The lowest BCUT2D eigenvalue weighted by molar-refractivity contribution is -0.0356. The van der Waals surface area contributed by atoms with Gasteiger partial charge in [-0.05, 0) is 53.6 Å². The van der Waals surface area contributed by atoms with Crippen LogP contribution >= 0.6 is 0 Å². The van der Waals surface area contributed by atoms with Crippen molar-refractivity contribution < 1.29 is 33.8 Å². The largest absolute Gasteiger partial charge is 0.508 e. The summed E-state index contributed by atoms with van der Waals surface area (Å²) in [6, 6.07) is 19.6. The van der Waals surface area contributed by atoms with E-state index in [1.807, 2.05) is 73.7 Å². The monoisotopic (exact) mass is 579 g/mol.